The van der Waals surface area contributed by atoms with Gasteiger partial charge in [-0.1, -0.05) is 83.9 Å². The Hall–Kier alpha value is -6.00. The van der Waals surface area contributed by atoms with Crippen molar-refractivity contribution in [2.75, 3.05) is 381 Å². The Balaban J connectivity index is 0.000000799. The SMILES string of the molecule is CN(C)CCN(C)CCN(C)C.CN(C)Cc1cc(CN(C)C)c(CN(C)C)c(CN(C)C)c1.CN(C)Cc1cc(CN(C)C)cc(CN(C)C)c1.CN(C)Cc1cc(CN(C)C)cc(OCCOc2cc(CN(C)C)cc(CN(C)C)c2)c1.CN1CCN(C)CCN(C)CCN(C)CC1.Cc1cc(CN(C)C)c(CN(C)C)c(CN(C)C)c1.Cc1cc(CN(C)C)cc(CN(C)C)c1. The van der Waals surface area contributed by atoms with Gasteiger partial charge in [0.1, 0.15) is 24.7 Å². The smallest absolute Gasteiger partial charge is 0.122 e. The quantitative estimate of drug-likeness (QED) is 0.0340. The minimum atomic E-state index is 0.508. The summed E-state index contributed by atoms with van der Waals surface area (Å²) >= 11 is 0. The van der Waals surface area contributed by atoms with E-state index in [1.165, 1.54) is 153 Å². The van der Waals surface area contributed by atoms with Crippen LogP contribution in [0.4, 0.5) is 0 Å². The zero-order valence-electron chi connectivity index (χ0n) is 94.6. The Morgan fingerprint density at radius 2 is 0.351 bits per heavy atom. The molecular weight excluding hydrogens is 1660 g/mol. The number of aryl methyl sites for hydroxylation is 2. The van der Waals surface area contributed by atoms with Crippen molar-refractivity contribution in [3.05, 3.63) is 197 Å². The molecule has 768 valence electrons. The third-order valence-electron chi connectivity index (χ3n) is 21.3. The second-order valence-corrected chi connectivity index (χ2v) is 43.0. The molecule has 134 heavy (non-hydrogen) atoms. The fraction of sp³-hybridized carbons (Fsp3) is 0.670. The fourth-order valence-electron chi connectivity index (χ4n) is 15.8. The molecule has 0 N–H and O–H groups in total. The number of hydrogen-bond acceptors (Lipinski definition) is 25. The lowest BCUT2D eigenvalue weighted by Crippen LogP contribution is -2.42. The number of likely N-dealkylation sites (N-methyl/N-ethyl adjacent to an activating group) is 7. The summed E-state index contributed by atoms with van der Waals surface area (Å²) in [5.74, 6) is 1.80. The number of nitrogens with zero attached hydrogens (tertiary/aromatic N) is 23. The molecule has 0 saturated carbocycles. The van der Waals surface area contributed by atoms with E-state index in [2.05, 4.69) is 513 Å². The molecule has 25 heteroatoms. The average Bonchev–Trinajstić information content (AvgIpc) is 0.806. The van der Waals surface area contributed by atoms with Crippen molar-refractivity contribution in [1.29, 1.82) is 0 Å². The Bertz CT molecular complexity index is 3690. The molecule has 0 atom stereocenters. The van der Waals surface area contributed by atoms with Gasteiger partial charge in [-0.25, -0.2) is 0 Å². The average molecular weight is 1870 g/mol. The first-order chi connectivity index (χ1) is 62.5. The van der Waals surface area contributed by atoms with E-state index in [0.29, 0.717) is 13.2 Å². The van der Waals surface area contributed by atoms with Gasteiger partial charge in [-0.2, -0.15) is 0 Å². The van der Waals surface area contributed by atoms with Crippen molar-refractivity contribution in [2.24, 2.45) is 0 Å². The molecule has 0 aromatic heterocycles. The Morgan fingerprint density at radius 3 is 0.537 bits per heavy atom. The van der Waals surface area contributed by atoms with Crippen LogP contribution < -0.4 is 9.47 Å². The fourth-order valence-corrected chi connectivity index (χ4v) is 15.8. The van der Waals surface area contributed by atoms with Crippen LogP contribution >= 0.6 is 0 Å². The molecule has 0 bridgehead atoms. The van der Waals surface area contributed by atoms with Crippen LogP contribution in [0.15, 0.2) is 97.1 Å². The maximum Gasteiger partial charge on any atom is 0.122 e. The molecule has 25 nitrogen and oxygen atoms in total. The molecule has 0 spiro atoms. The van der Waals surface area contributed by atoms with Crippen LogP contribution in [0.3, 0.4) is 0 Å². The predicted octanol–water partition coefficient (Wildman–Crippen LogP) is 11.3. The predicted molar refractivity (Wildman–Crippen MR) is 582 cm³/mol. The molecular formula is C109H205N23O2. The van der Waals surface area contributed by atoms with Gasteiger partial charge in [0.15, 0.2) is 0 Å². The monoisotopic (exact) mass is 1870 g/mol. The molecule has 0 aliphatic carbocycles. The number of rotatable bonds is 43. The molecule has 0 unspecified atom stereocenters. The standard InChI is InChI=1S/C26H42N4O2.C18H34N4.C16H29N3.C15H27N3.C13H22N2.C12H28N4.C9H23N3/c1-27(2)17-21-11-22(18-28(3)4)14-25(13-21)31-9-10-32-26-15-23(19-29(5)6)12-24(16-26)20-30(7)8;1-19(2)11-15-9-16(12-20(3)4)18(14-22(7)8)17(10-15)13-21(5)6;1-13-8-14(10-17(2)3)16(12-19(6)7)15(9-13)11-18(4)5;1-16(2)10-13-7-14(11-17(3)4)9-15(8-13)12-18(5)6;1-11-6-12(9-14(2)3)8-13(7-11)10-15(4)5;1-13-5-7-14(2)9-11-16(4)12-10-15(3)8-6-13;1-10(2)6-8-12(5)9-7-11(3)4/h11-16H,9-10,17-20H2,1-8H3;9-10H,11-14H2,1-8H3;8-9H,10-12H2,1-7H3;7-9H,10-12H2,1-6H3;6-8H,9-10H2,1-5H3;5-12H2,1-4H3;6-9H2,1-5H3. The molecule has 0 radical (unpaired) electrons. The van der Waals surface area contributed by atoms with Gasteiger partial charge < -0.3 is 122 Å². The molecule has 1 saturated heterocycles. The van der Waals surface area contributed by atoms with Crippen LogP contribution in [0.2, 0.25) is 0 Å². The zero-order chi connectivity index (χ0) is 102. The lowest BCUT2D eigenvalue weighted by atomic mass is 9.96. The van der Waals surface area contributed by atoms with E-state index in [1.54, 1.807) is 0 Å². The third kappa shape index (κ3) is 64.3. The second-order valence-electron chi connectivity index (χ2n) is 43.0. The van der Waals surface area contributed by atoms with Crippen LogP contribution in [0.5, 0.6) is 11.5 Å². The van der Waals surface area contributed by atoms with Crippen molar-refractivity contribution < 1.29 is 9.47 Å². The topological polar surface area (TPSA) is 93.0 Å². The van der Waals surface area contributed by atoms with Crippen molar-refractivity contribution in [2.45, 2.75) is 119 Å². The Morgan fingerprint density at radius 1 is 0.187 bits per heavy atom. The Labute approximate surface area is 825 Å². The summed E-state index contributed by atoms with van der Waals surface area (Å²) in [6.45, 7) is 34.9. The maximum absolute atomic E-state index is 6.08. The summed E-state index contributed by atoms with van der Waals surface area (Å²) in [4.78, 5) is 52.0. The maximum atomic E-state index is 6.08. The van der Waals surface area contributed by atoms with Crippen LogP contribution in [0.25, 0.3) is 0 Å². The normalized spacial score (nSPS) is 13.6. The van der Waals surface area contributed by atoms with Gasteiger partial charge >= 0.3 is 0 Å². The highest BCUT2D eigenvalue weighted by Gasteiger charge is 2.18. The van der Waals surface area contributed by atoms with Gasteiger partial charge in [-0.05, 0) is 416 Å². The van der Waals surface area contributed by atoms with Gasteiger partial charge in [-0.3, -0.25) is 0 Å². The summed E-state index contributed by atoms with van der Waals surface area (Å²) in [5, 5.41) is 0. The van der Waals surface area contributed by atoms with E-state index < -0.39 is 0 Å². The van der Waals surface area contributed by atoms with Gasteiger partial charge in [0.25, 0.3) is 0 Å². The molecule has 1 heterocycles. The third-order valence-corrected chi connectivity index (χ3v) is 21.3. The van der Waals surface area contributed by atoms with E-state index in [0.717, 1.165) is 142 Å². The molecule has 0 amide bonds. The van der Waals surface area contributed by atoms with E-state index >= 15 is 0 Å². The highest BCUT2D eigenvalue weighted by atomic mass is 16.5. The van der Waals surface area contributed by atoms with Crippen LogP contribution in [0.1, 0.15) is 100 Å². The van der Waals surface area contributed by atoms with Crippen molar-refractivity contribution >= 4 is 0 Å². The van der Waals surface area contributed by atoms with Gasteiger partial charge in [0, 0.05) is 183 Å². The van der Waals surface area contributed by atoms with Crippen molar-refractivity contribution in [3.63, 3.8) is 0 Å². The highest BCUT2D eigenvalue weighted by Crippen LogP contribution is 2.27. The Kier molecular flexibility index (Phi) is 64.8. The molecule has 1 fully saturated rings. The first kappa shape index (κ1) is 126. The number of hydrogen-bond donors (Lipinski definition) is 0. The summed E-state index contributed by atoms with van der Waals surface area (Å²) in [6.07, 6.45) is 0. The second kappa shape index (κ2) is 69.0. The van der Waals surface area contributed by atoms with Gasteiger partial charge in [0.2, 0.25) is 0 Å². The van der Waals surface area contributed by atoms with Crippen molar-refractivity contribution in [1.82, 2.24) is 113 Å². The summed E-state index contributed by atoms with van der Waals surface area (Å²) < 4.78 is 12.2. The zero-order valence-corrected chi connectivity index (χ0v) is 94.6. The molecule has 7 rings (SSSR count). The van der Waals surface area contributed by atoms with E-state index in [9.17, 15) is 0 Å². The van der Waals surface area contributed by atoms with E-state index in [1.807, 2.05) is 0 Å². The molecule has 6 aromatic carbocycles. The van der Waals surface area contributed by atoms with Crippen LogP contribution in [0, 0.1) is 13.8 Å². The summed E-state index contributed by atoms with van der Waals surface area (Å²) in [7, 11) is 87.2. The minimum Gasteiger partial charge on any atom is -0.490 e. The minimum absolute atomic E-state index is 0.508. The number of ether oxygens (including phenoxy) is 2. The highest BCUT2D eigenvalue weighted by molar-refractivity contribution is 5.42. The van der Waals surface area contributed by atoms with Crippen LogP contribution in [-0.4, -0.2) is 493 Å². The largest absolute Gasteiger partial charge is 0.490 e. The molecule has 6 aromatic rings. The van der Waals surface area contributed by atoms with E-state index in [-0.39, 0.29) is 0 Å². The molecule has 1 aliphatic heterocycles. The van der Waals surface area contributed by atoms with Gasteiger partial charge in [0.05, 0.1) is 0 Å². The van der Waals surface area contributed by atoms with Crippen molar-refractivity contribution in [3.8, 4) is 11.5 Å². The van der Waals surface area contributed by atoms with Gasteiger partial charge in [-0.15, -0.1) is 0 Å². The molecule has 1 aliphatic rings. The summed E-state index contributed by atoms with van der Waals surface area (Å²) in [6, 6.07) is 36.3. The van der Waals surface area contributed by atoms with Crippen LogP contribution in [-0.2, 0) is 105 Å². The first-order valence-electron chi connectivity index (χ1n) is 48.6. The number of benzene rings is 6. The lowest BCUT2D eigenvalue weighted by Gasteiger charge is -2.28. The lowest BCUT2D eigenvalue weighted by molar-refractivity contribution is 0.181. The first-order valence-corrected chi connectivity index (χ1v) is 48.6. The van der Waals surface area contributed by atoms with E-state index in [4.69, 9.17) is 9.47 Å². The summed E-state index contributed by atoms with van der Waals surface area (Å²) in [5.41, 5.74) is 24.9.